The molecule has 0 radical (unpaired) electrons. The molecule has 1 aromatic carbocycles. The summed E-state index contributed by atoms with van der Waals surface area (Å²) in [5, 5.41) is 0.771. The molecule has 88 valence electrons. The minimum absolute atomic E-state index is 0.0314. The van der Waals surface area contributed by atoms with Crippen LogP contribution in [0, 0.1) is 6.92 Å². The standard InChI is InChI=1S/C14H15ClN2/c1-10-12(3-2-4-13(10)15)14(16)9-11-5-7-17-8-6-11/h2-8,14H,9,16H2,1H3. The highest BCUT2D eigenvalue weighted by atomic mass is 35.5. The number of hydrogen-bond donors (Lipinski definition) is 1. The van der Waals surface area contributed by atoms with Crippen molar-refractivity contribution >= 4 is 11.6 Å². The summed E-state index contributed by atoms with van der Waals surface area (Å²) < 4.78 is 0. The van der Waals surface area contributed by atoms with E-state index in [1.54, 1.807) is 12.4 Å². The molecule has 2 nitrogen and oxygen atoms in total. The zero-order chi connectivity index (χ0) is 12.3. The molecule has 1 heterocycles. The highest BCUT2D eigenvalue weighted by Gasteiger charge is 2.11. The molecule has 2 rings (SSSR count). The number of pyridine rings is 1. The van der Waals surface area contributed by atoms with Gasteiger partial charge in [0.2, 0.25) is 0 Å². The van der Waals surface area contributed by atoms with E-state index in [-0.39, 0.29) is 6.04 Å². The Labute approximate surface area is 106 Å². The normalized spacial score (nSPS) is 12.4. The van der Waals surface area contributed by atoms with Gasteiger partial charge in [0.15, 0.2) is 0 Å². The quantitative estimate of drug-likeness (QED) is 0.903. The summed E-state index contributed by atoms with van der Waals surface area (Å²) in [5.41, 5.74) is 9.58. The highest BCUT2D eigenvalue weighted by Crippen LogP contribution is 2.24. The summed E-state index contributed by atoms with van der Waals surface area (Å²) in [4.78, 5) is 4.00. The van der Waals surface area contributed by atoms with Crippen LogP contribution in [-0.2, 0) is 6.42 Å². The van der Waals surface area contributed by atoms with Gasteiger partial charge in [0.1, 0.15) is 0 Å². The Morgan fingerprint density at radius 3 is 2.65 bits per heavy atom. The van der Waals surface area contributed by atoms with Crippen LogP contribution in [0.25, 0.3) is 0 Å². The van der Waals surface area contributed by atoms with Gasteiger partial charge >= 0.3 is 0 Å². The minimum Gasteiger partial charge on any atom is -0.324 e. The zero-order valence-electron chi connectivity index (χ0n) is 9.73. The Kier molecular flexibility index (Phi) is 3.77. The van der Waals surface area contributed by atoms with Crippen LogP contribution in [-0.4, -0.2) is 4.98 Å². The van der Waals surface area contributed by atoms with E-state index >= 15 is 0 Å². The van der Waals surface area contributed by atoms with E-state index in [1.807, 2.05) is 37.3 Å². The van der Waals surface area contributed by atoms with Crippen LogP contribution < -0.4 is 5.73 Å². The summed E-state index contributed by atoms with van der Waals surface area (Å²) in [6.45, 7) is 2.00. The average Bonchev–Trinajstić information content (AvgIpc) is 2.34. The molecule has 2 aromatic rings. The number of nitrogens with two attached hydrogens (primary N) is 1. The van der Waals surface area contributed by atoms with Crippen molar-refractivity contribution in [1.82, 2.24) is 4.98 Å². The zero-order valence-corrected chi connectivity index (χ0v) is 10.5. The SMILES string of the molecule is Cc1c(Cl)cccc1C(N)Cc1ccncc1. The van der Waals surface area contributed by atoms with Crippen LogP contribution in [0.5, 0.6) is 0 Å². The van der Waals surface area contributed by atoms with Gasteiger partial charge < -0.3 is 5.73 Å². The Morgan fingerprint density at radius 1 is 1.24 bits per heavy atom. The van der Waals surface area contributed by atoms with Crippen molar-refractivity contribution in [1.29, 1.82) is 0 Å². The monoisotopic (exact) mass is 246 g/mol. The first kappa shape index (κ1) is 12.1. The molecule has 17 heavy (non-hydrogen) atoms. The maximum absolute atomic E-state index is 6.22. The molecular weight excluding hydrogens is 232 g/mol. The predicted molar refractivity (Wildman–Crippen MR) is 71.1 cm³/mol. The Bertz CT molecular complexity index is 497. The molecule has 0 aliphatic rings. The maximum atomic E-state index is 6.22. The van der Waals surface area contributed by atoms with E-state index in [2.05, 4.69) is 4.98 Å². The first-order valence-electron chi connectivity index (χ1n) is 5.58. The molecule has 0 spiro atoms. The molecule has 0 amide bonds. The third kappa shape index (κ3) is 2.84. The van der Waals surface area contributed by atoms with Crippen LogP contribution >= 0.6 is 11.6 Å². The lowest BCUT2D eigenvalue weighted by atomic mass is 9.96. The van der Waals surface area contributed by atoms with Gasteiger partial charge in [-0.1, -0.05) is 23.7 Å². The number of aromatic nitrogens is 1. The number of hydrogen-bond acceptors (Lipinski definition) is 2. The number of benzene rings is 1. The van der Waals surface area contributed by atoms with Crippen LogP contribution in [0.2, 0.25) is 5.02 Å². The second kappa shape index (κ2) is 5.30. The third-order valence-corrected chi connectivity index (χ3v) is 3.32. The summed E-state index contributed by atoms with van der Waals surface area (Å²) in [5.74, 6) is 0. The summed E-state index contributed by atoms with van der Waals surface area (Å²) in [6.07, 6.45) is 4.36. The Morgan fingerprint density at radius 2 is 1.94 bits per heavy atom. The lowest BCUT2D eigenvalue weighted by molar-refractivity contribution is 0.716. The van der Waals surface area contributed by atoms with Gasteiger partial charge in [-0.3, -0.25) is 4.98 Å². The van der Waals surface area contributed by atoms with E-state index in [4.69, 9.17) is 17.3 Å². The first-order valence-corrected chi connectivity index (χ1v) is 5.96. The fraction of sp³-hybridized carbons (Fsp3) is 0.214. The summed E-state index contributed by atoms with van der Waals surface area (Å²) in [6, 6.07) is 9.81. The predicted octanol–water partition coefficient (Wildman–Crippen LogP) is 3.29. The van der Waals surface area contributed by atoms with E-state index in [9.17, 15) is 0 Å². The second-order valence-electron chi connectivity index (χ2n) is 4.12. The van der Waals surface area contributed by atoms with Gasteiger partial charge in [-0.25, -0.2) is 0 Å². The van der Waals surface area contributed by atoms with Crippen molar-refractivity contribution in [3.05, 3.63) is 64.4 Å². The molecule has 1 atom stereocenters. The van der Waals surface area contributed by atoms with Crippen LogP contribution in [0.4, 0.5) is 0 Å². The largest absolute Gasteiger partial charge is 0.324 e. The number of rotatable bonds is 3. The molecule has 2 N–H and O–H groups in total. The molecule has 0 saturated carbocycles. The molecular formula is C14H15ClN2. The number of nitrogens with zero attached hydrogens (tertiary/aromatic N) is 1. The van der Waals surface area contributed by atoms with Gasteiger partial charge in [0.05, 0.1) is 0 Å². The first-order chi connectivity index (χ1) is 8.18. The molecule has 1 aromatic heterocycles. The molecule has 0 aliphatic carbocycles. The topological polar surface area (TPSA) is 38.9 Å². The van der Waals surface area contributed by atoms with Gasteiger partial charge in [-0.05, 0) is 48.2 Å². The van der Waals surface area contributed by atoms with Crippen molar-refractivity contribution in [2.75, 3.05) is 0 Å². The van der Waals surface area contributed by atoms with Crippen molar-refractivity contribution in [2.45, 2.75) is 19.4 Å². The fourth-order valence-electron chi connectivity index (χ4n) is 1.91. The lowest BCUT2D eigenvalue weighted by Gasteiger charge is -2.15. The van der Waals surface area contributed by atoms with E-state index in [1.165, 1.54) is 5.56 Å². The van der Waals surface area contributed by atoms with Crippen molar-refractivity contribution in [2.24, 2.45) is 5.73 Å². The summed E-state index contributed by atoms with van der Waals surface area (Å²) >= 11 is 6.10. The van der Waals surface area contributed by atoms with Gasteiger partial charge in [-0.15, -0.1) is 0 Å². The molecule has 0 fully saturated rings. The minimum atomic E-state index is -0.0314. The van der Waals surface area contributed by atoms with Crippen LogP contribution in [0.1, 0.15) is 22.7 Å². The highest BCUT2D eigenvalue weighted by molar-refractivity contribution is 6.31. The van der Waals surface area contributed by atoms with E-state index in [0.29, 0.717) is 0 Å². The third-order valence-electron chi connectivity index (χ3n) is 2.91. The lowest BCUT2D eigenvalue weighted by Crippen LogP contribution is -2.14. The van der Waals surface area contributed by atoms with Gasteiger partial charge in [0.25, 0.3) is 0 Å². The van der Waals surface area contributed by atoms with Gasteiger partial charge in [0, 0.05) is 23.5 Å². The molecule has 1 unspecified atom stereocenters. The second-order valence-corrected chi connectivity index (χ2v) is 4.53. The smallest absolute Gasteiger partial charge is 0.0438 e. The molecule has 3 heteroatoms. The van der Waals surface area contributed by atoms with Crippen molar-refractivity contribution < 1.29 is 0 Å². The average molecular weight is 247 g/mol. The molecule has 0 aliphatic heterocycles. The van der Waals surface area contributed by atoms with Crippen molar-refractivity contribution in [3.8, 4) is 0 Å². The molecule has 0 saturated heterocycles. The Hall–Kier alpha value is -1.38. The van der Waals surface area contributed by atoms with E-state index in [0.717, 1.165) is 22.6 Å². The number of halogens is 1. The Balaban J connectivity index is 2.20. The van der Waals surface area contributed by atoms with Crippen LogP contribution in [0.3, 0.4) is 0 Å². The van der Waals surface area contributed by atoms with Gasteiger partial charge in [-0.2, -0.15) is 0 Å². The van der Waals surface area contributed by atoms with E-state index < -0.39 is 0 Å². The van der Waals surface area contributed by atoms with Crippen molar-refractivity contribution in [3.63, 3.8) is 0 Å². The summed E-state index contributed by atoms with van der Waals surface area (Å²) in [7, 11) is 0. The van der Waals surface area contributed by atoms with Crippen LogP contribution in [0.15, 0.2) is 42.7 Å². The molecule has 0 bridgehead atoms. The fourth-order valence-corrected chi connectivity index (χ4v) is 2.09. The maximum Gasteiger partial charge on any atom is 0.0438 e.